The van der Waals surface area contributed by atoms with Gasteiger partial charge in [0.05, 0.1) is 31.1 Å². The molecule has 0 aliphatic heterocycles. The maximum absolute atomic E-state index is 12.4. The van der Waals surface area contributed by atoms with E-state index in [4.69, 9.17) is 9.47 Å². The van der Waals surface area contributed by atoms with Crippen LogP contribution in [0, 0.1) is 6.92 Å². The number of carbonyl (C=O) groups is 2. The van der Waals surface area contributed by atoms with Gasteiger partial charge in [0.15, 0.2) is 11.0 Å². The molecule has 0 aliphatic carbocycles. The summed E-state index contributed by atoms with van der Waals surface area (Å²) in [5.74, 6) is 0.735. The normalized spacial score (nSPS) is 10.6. The lowest BCUT2D eigenvalue weighted by Crippen LogP contribution is -2.16. The molecule has 3 rings (SSSR count). The number of methoxy groups -OCH3 is 2. The number of amides is 1. The van der Waals surface area contributed by atoms with Crippen LogP contribution in [0.2, 0.25) is 0 Å². The fraction of sp³-hybridized carbons (Fsp3) is 0.263. The van der Waals surface area contributed by atoms with Crippen molar-refractivity contribution >= 4 is 40.0 Å². The molecule has 0 spiro atoms. The minimum absolute atomic E-state index is 0.120. The zero-order chi connectivity index (χ0) is 21.0. The van der Waals surface area contributed by atoms with Crippen molar-refractivity contribution in [3.8, 4) is 17.1 Å². The van der Waals surface area contributed by atoms with Crippen LogP contribution < -0.4 is 10.1 Å². The van der Waals surface area contributed by atoms with Crippen molar-refractivity contribution in [3.05, 3.63) is 40.8 Å². The second-order valence-corrected chi connectivity index (χ2v) is 8.19. The molecule has 2 heterocycles. The molecule has 2 aromatic heterocycles. The van der Waals surface area contributed by atoms with E-state index in [9.17, 15) is 9.59 Å². The molecular formula is C19H20N4O4S2. The highest BCUT2D eigenvalue weighted by atomic mass is 32.2. The monoisotopic (exact) mass is 432 g/mol. The van der Waals surface area contributed by atoms with Crippen LogP contribution >= 0.6 is 23.1 Å². The third-order valence-electron chi connectivity index (χ3n) is 4.03. The van der Waals surface area contributed by atoms with Gasteiger partial charge in [-0.1, -0.05) is 23.9 Å². The number of benzene rings is 1. The number of aromatic nitrogens is 3. The Morgan fingerprint density at radius 2 is 2.00 bits per heavy atom. The van der Waals surface area contributed by atoms with Crippen molar-refractivity contribution in [3.63, 3.8) is 0 Å². The van der Waals surface area contributed by atoms with Crippen molar-refractivity contribution in [2.75, 3.05) is 25.3 Å². The Hall–Kier alpha value is -2.85. The van der Waals surface area contributed by atoms with Crippen LogP contribution in [0.3, 0.4) is 0 Å². The first-order chi connectivity index (χ1) is 13.9. The average Bonchev–Trinajstić information content (AvgIpc) is 3.27. The molecular weight excluding hydrogens is 412 g/mol. The highest BCUT2D eigenvalue weighted by molar-refractivity contribution is 7.99. The Morgan fingerprint density at radius 3 is 2.72 bits per heavy atom. The second-order valence-electron chi connectivity index (χ2n) is 5.99. The molecule has 152 valence electrons. The van der Waals surface area contributed by atoms with Crippen LogP contribution in [0.1, 0.15) is 15.2 Å². The number of anilines is 1. The summed E-state index contributed by atoms with van der Waals surface area (Å²) in [5.41, 5.74) is 1.17. The number of hydrogen-bond donors (Lipinski definition) is 1. The molecule has 1 N–H and O–H groups in total. The van der Waals surface area contributed by atoms with Crippen molar-refractivity contribution in [1.82, 2.24) is 14.8 Å². The van der Waals surface area contributed by atoms with E-state index in [-0.39, 0.29) is 11.7 Å². The van der Waals surface area contributed by atoms with Crippen molar-refractivity contribution in [2.45, 2.75) is 12.1 Å². The van der Waals surface area contributed by atoms with Crippen LogP contribution in [0.15, 0.2) is 35.5 Å². The van der Waals surface area contributed by atoms with E-state index in [1.165, 1.54) is 30.2 Å². The molecule has 29 heavy (non-hydrogen) atoms. The molecule has 3 aromatic rings. The molecule has 1 amide bonds. The number of rotatable bonds is 7. The van der Waals surface area contributed by atoms with Crippen LogP contribution in [0.4, 0.5) is 5.00 Å². The van der Waals surface area contributed by atoms with Gasteiger partial charge in [0.1, 0.15) is 10.8 Å². The molecule has 0 fully saturated rings. The van der Waals surface area contributed by atoms with Crippen LogP contribution in [0.5, 0.6) is 5.75 Å². The molecule has 0 bridgehead atoms. The maximum atomic E-state index is 12.4. The van der Waals surface area contributed by atoms with Crippen molar-refractivity contribution in [1.29, 1.82) is 0 Å². The molecule has 8 nitrogen and oxygen atoms in total. The van der Waals surface area contributed by atoms with E-state index < -0.39 is 5.97 Å². The molecule has 0 radical (unpaired) electrons. The van der Waals surface area contributed by atoms with Gasteiger partial charge in [-0.05, 0) is 25.1 Å². The Kier molecular flexibility index (Phi) is 6.55. The fourth-order valence-corrected chi connectivity index (χ4v) is 4.29. The van der Waals surface area contributed by atoms with E-state index in [1.54, 1.807) is 13.2 Å². The predicted molar refractivity (Wildman–Crippen MR) is 113 cm³/mol. The number of para-hydroxylation sites is 1. The highest BCUT2D eigenvalue weighted by Gasteiger charge is 2.19. The van der Waals surface area contributed by atoms with Gasteiger partial charge in [-0.15, -0.1) is 21.5 Å². The molecule has 0 unspecified atom stereocenters. The van der Waals surface area contributed by atoms with E-state index >= 15 is 0 Å². The van der Waals surface area contributed by atoms with Gasteiger partial charge in [0.25, 0.3) is 0 Å². The third-order valence-corrected chi connectivity index (χ3v) is 6.01. The predicted octanol–water partition coefficient (Wildman–Crippen LogP) is 3.38. The average molecular weight is 433 g/mol. The van der Waals surface area contributed by atoms with Crippen molar-refractivity contribution < 1.29 is 19.1 Å². The Balaban J connectivity index is 1.69. The highest BCUT2D eigenvalue weighted by Crippen LogP contribution is 2.31. The molecule has 0 saturated carbocycles. The number of nitrogens with zero attached hydrogens (tertiary/aromatic N) is 3. The minimum Gasteiger partial charge on any atom is -0.496 e. The first-order valence-electron chi connectivity index (χ1n) is 8.58. The lowest BCUT2D eigenvalue weighted by Gasteiger charge is -2.08. The number of ether oxygens (including phenoxy) is 2. The van der Waals surface area contributed by atoms with Gasteiger partial charge in [0, 0.05) is 11.9 Å². The summed E-state index contributed by atoms with van der Waals surface area (Å²) in [7, 11) is 4.74. The summed E-state index contributed by atoms with van der Waals surface area (Å²) in [6.07, 6.45) is 0. The van der Waals surface area contributed by atoms with Gasteiger partial charge in [-0.25, -0.2) is 4.79 Å². The van der Waals surface area contributed by atoms with Gasteiger partial charge >= 0.3 is 5.97 Å². The number of thiophene rings is 1. The summed E-state index contributed by atoms with van der Waals surface area (Å²) >= 11 is 2.58. The van der Waals surface area contributed by atoms with Gasteiger partial charge in [-0.2, -0.15) is 0 Å². The summed E-state index contributed by atoms with van der Waals surface area (Å²) < 4.78 is 12.0. The summed E-state index contributed by atoms with van der Waals surface area (Å²) in [4.78, 5) is 25.1. The second kappa shape index (κ2) is 9.10. The largest absolute Gasteiger partial charge is 0.496 e. The quantitative estimate of drug-likeness (QED) is 0.452. The summed E-state index contributed by atoms with van der Waals surface area (Å²) in [6, 6.07) is 9.23. The van der Waals surface area contributed by atoms with Crippen LogP contribution in [0.25, 0.3) is 11.4 Å². The lowest BCUT2D eigenvalue weighted by atomic mass is 10.2. The minimum atomic E-state index is -0.480. The zero-order valence-electron chi connectivity index (χ0n) is 16.4. The van der Waals surface area contributed by atoms with Gasteiger partial charge in [-0.3, -0.25) is 4.79 Å². The number of thioether (sulfide) groups is 1. The van der Waals surface area contributed by atoms with Gasteiger partial charge in [0.2, 0.25) is 5.91 Å². The first kappa shape index (κ1) is 20.9. The van der Waals surface area contributed by atoms with E-state index in [0.29, 0.717) is 27.3 Å². The fourth-order valence-electron chi connectivity index (χ4n) is 2.67. The molecule has 10 heteroatoms. The number of aryl methyl sites for hydroxylation is 1. The molecule has 0 saturated heterocycles. The SMILES string of the molecule is COC(=O)c1cc(C)sc1NC(=O)CSc1nnc(-c2ccccc2OC)n1C. The zero-order valence-corrected chi connectivity index (χ0v) is 18.0. The number of hydrogen-bond acceptors (Lipinski definition) is 8. The third kappa shape index (κ3) is 4.60. The Labute approximate surface area is 176 Å². The number of carbonyl (C=O) groups excluding carboxylic acids is 2. The lowest BCUT2D eigenvalue weighted by molar-refractivity contribution is -0.113. The smallest absolute Gasteiger partial charge is 0.340 e. The number of esters is 1. The number of nitrogens with one attached hydrogen (secondary N) is 1. The van der Waals surface area contributed by atoms with Crippen molar-refractivity contribution in [2.24, 2.45) is 7.05 Å². The Morgan fingerprint density at radius 1 is 1.24 bits per heavy atom. The Bertz CT molecular complexity index is 1040. The summed E-state index contributed by atoms with van der Waals surface area (Å²) in [6.45, 7) is 1.86. The maximum Gasteiger partial charge on any atom is 0.340 e. The topological polar surface area (TPSA) is 95.3 Å². The van der Waals surface area contributed by atoms with Crippen LogP contribution in [-0.4, -0.2) is 46.6 Å². The van der Waals surface area contributed by atoms with E-state index in [1.807, 2.05) is 42.8 Å². The molecule has 0 atom stereocenters. The molecule has 1 aromatic carbocycles. The first-order valence-corrected chi connectivity index (χ1v) is 10.4. The van der Waals surface area contributed by atoms with Gasteiger partial charge < -0.3 is 19.4 Å². The standard InChI is InChI=1S/C19H20N4O4S2/c1-11-9-13(18(25)27-4)17(29-11)20-15(24)10-28-19-22-21-16(23(19)2)12-7-5-6-8-14(12)26-3/h5-9H,10H2,1-4H3,(H,20,24). The summed E-state index contributed by atoms with van der Waals surface area (Å²) in [5, 5.41) is 12.3. The molecule has 0 aliphatic rings. The van der Waals surface area contributed by atoms with E-state index in [2.05, 4.69) is 15.5 Å². The van der Waals surface area contributed by atoms with Crippen LogP contribution in [-0.2, 0) is 16.6 Å². The van der Waals surface area contributed by atoms with E-state index in [0.717, 1.165) is 10.4 Å².